The van der Waals surface area contributed by atoms with Crippen LogP contribution >= 0.6 is 11.8 Å². The minimum absolute atomic E-state index is 0.161. The van der Waals surface area contributed by atoms with Crippen LogP contribution in [0.15, 0.2) is 72.8 Å². The number of aryl methyl sites for hydroxylation is 1. The Balaban J connectivity index is 1.64. The Hall–Kier alpha value is -3.12. The Morgan fingerprint density at radius 3 is 2.50 bits per heavy atom. The lowest BCUT2D eigenvalue weighted by Gasteiger charge is -2.26. The predicted octanol–water partition coefficient (Wildman–Crippen LogP) is 5.42. The maximum atomic E-state index is 14.4. The van der Waals surface area contributed by atoms with Crippen LogP contribution in [0.5, 0.6) is 0 Å². The summed E-state index contributed by atoms with van der Waals surface area (Å²) >= 11 is 1.42. The number of hydrogen-bond donors (Lipinski definition) is 1. The number of nitrogens with one attached hydrogen (secondary N) is 1. The second-order valence-electron chi connectivity index (χ2n) is 6.97. The fraction of sp³-hybridized carbons (Fsp3) is 0.167. The molecule has 1 aliphatic heterocycles. The van der Waals surface area contributed by atoms with E-state index in [1.165, 1.54) is 22.7 Å². The first-order chi connectivity index (χ1) is 14.6. The number of halogens is 1. The van der Waals surface area contributed by atoms with Crippen molar-refractivity contribution < 1.29 is 14.0 Å². The molecule has 1 aliphatic rings. The molecule has 1 atom stereocenters. The first-order valence-electron chi connectivity index (χ1n) is 9.76. The van der Waals surface area contributed by atoms with Gasteiger partial charge in [-0.05, 0) is 42.3 Å². The molecule has 6 heteroatoms. The van der Waals surface area contributed by atoms with Crippen LogP contribution < -0.4 is 10.2 Å². The van der Waals surface area contributed by atoms with Crippen LogP contribution in [0.4, 0.5) is 15.8 Å². The second kappa shape index (κ2) is 8.71. The lowest BCUT2D eigenvalue weighted by atomic mass is 10.1. The quantitative estimate of drug-likeness (QED) is 0.600. The summed E-state index contributed by atoms with van der Waals surface area (Å²) in [4.78, 5) is 26.8. The predicted molar refractivity (Wildman–Crippen MR) is 119 cm³/mol. The van der Waals surface area contributed by atoms with Crippen LogP contribution in [0.1, 0.15) is 33.8 Å². The molecule has 0 bridgehead atoms. The Morgan fingerprint density at radius 2 is 1.77 bits per heavy atom. The number of carbonyl (C=O) groups is 2. The van der Waals surface area contributed by atoms with Crippen molar-refractivity contribution in [1.29, 1.82) is 0 Å². The van der Waals surface area contributed by atoms with Gasteiger partial charge in [-0.3, -0.25) is 14.5 Å². The zero-order valence-electron chi connectivity index (χ0n) is 16.5. The van der Waals surface area contributed by atoms with E-state index in [0.717, 1.165) is 17.5 Å². The van der Waals surface area contributed by atoms with Crippen LogP contribution in [0.25, 0.3) is 0 Å². The van der Waals surface area contributed by atoms with Gasteiger partial charge in [0, 0.05) is 16.8 Å². The number of rotatable bonds is 5. The number of benzene rings is 3. The highest BCUT2D eigenvalue weighted by Gasteiger charge is 2.36. The number of carbonyl (C=O) groups excluding carboxylic acids is 2. The van der Waals surface area contributed by atoms with Gasteiger partial charge >= 0.3 is 0 Å². The normalized spacial score (nSPS) is 16.0. The fourth-order valence-corrected chi connectivity index (χ4v) is 4.68. The average molecular weight is 421 g/mol. The van der Waals surface area contributed by atoms with Crippen molar-refractivity contribution in [1.82, 2.24) is 0 Å². The van der Waals surface area contributed by atoms with Crippen LogP contribution in [0.2, 0.25) is 0 Å². The molecule has 3 aromatic carbocycles. The van der Waals surface area contributed by atoms with Crippen molar-refractivity contribution in [2.24, 2.45) is 0 Å². The molecule has 152 valence electrons. The highest BCUT2D eigenvalue weighted by molar-refractivity contribution is 8.00. The Labute approximate surface area is 179 Å². The zero-order chi connectivity index (χ0) is 21.1. The van der Waals surface area contributed by atoms with Crippen molar-refractivity contribution in [2.45, 2.75) is 18.7 Å². The van der Waals surface area contributed by atoms with E-state index < -0.39 is 11.2 Å². The number of thioether (sulfide) groups is 1. The molecule has 3 aromatic rings. The van der Waals surface area contributed by atoms with E-state index in [9.17, 15) is 14.0 Å². The van der Waals surface area contributed by atoms with E-state index in [1.54, 1.807) is 36.4 Å². The minimum atomic E-state index is -0.448. The summed E-state index contributed by atoms with van der Waals surface area (Å²) in [7, 11) is 0. The molecule has 1 heterocycles. The molecular formula is C24H21FN2O2S. The van der Waals surface area contributed by atoms with Crippen molar-refractivity contribution in [3.05, 3.63) is 95.3 Å². The number of hydrogen-bond acceptors (Lipinski definition) is 3. The fourth-order valence-electron chi connectivity index (χ4n) is 3.47. The summed E-state index contributed by atoms with van der Waals surface area (Å²) in [5.41, 5.74) is 3.33. The maximum Gasteiger partial charge on any atom is 0.255 e. The largest absolute Gasteiger partial charge is 0.322 e. The number of anilines is 2. The Morgan fingerprint density at radius 1 is 1.07 bits per heavy atom. The Kier molecular flexibility index (Phi) is 5.86. The highest BCUT2D eigenvalue weighted by Crippen LogP contribution is 2.44. The van der Waals surface area contributed by atoms with E-state index in [4.69, 9.17) is 0 Å². The molecule has 0 saturated carbocycles. The van der Waals surface area contributed by atoms with Gasteiger partial charge in [-0.15, -0.1) is 11.8 Å². The average Bonchev–Trinajstić information content (AvgIpc) is 3.15. The molecule has 2 amide bonds. The van der Waals surface area contributed by atoms with Crippen LogP contribution in [-0.4, -0.2) is 17.6 Å². The van der Waals surface area contributed by atoms with Crippen LogP contribution in [0.3, 0.4) is 0 Å². The van der Waals surface area contributed by atoms with Crippen molar-refractivity contribution >= 4 is 35.0 Å². The first kappa shape index (κ1) is 20.2. The van der Waals surface area contributed by atoms with Gasteiger partial charge in [0.1, 0.15) is 11.2 Å². The third-order valence-electron chi connectivity index (χ3n) is 5.08. The van der Waals surface area contributed by atoms with Crippen molar-refractivity contribution in [2.75, 3.05) is 16.0 Å². The third kappa shape index (κ3) is 3.96. The van der Waals surface area contributed by atoms with Crippen LogP contribution in [0, 0.1) is 5.82 Å². The van der Waals surface area contributed by atoms with Crippen molar-refractivity contribution in [3.8, 4) is 0 Å². The van der Waals surface area contributed by atoms with Gasteiger partial charge in [0.25, 0.3) is 5.91 Å². The Bertz CT molecular complexity index is 1080. The van der Waals surface area contributed by atoms with Gasteiger partial charge in [-0.1, -0.05) is 49.4 Å². The molecule has 0 spiro atoms. The maximum absolute atomic E-state index is 14.4. The first-order valence-corrected chi connectivity index (χ1v) is 10.8. The molecule has 4 nitrogen and oxygen atoms in total. The smallest absolute Gasteiger partial charge is 0.255 e. The summed E-state index contributed by atoms with van der Waals surface area (Å²) in [5, 5.41) is 2.54. The van der Waals surface area contributed by atoms with E-state index in [1.807, 2.05) is 30.3 Å². The topological polar surface area (TPSA) is 49.4 Å². The number of amides is 2. The third-order valence-corrected chi connectivity index (χ3v) is 6.27. The van der Waals surface area contributed by atoms with Crippen LogP contribution in [-0.2, 0) is 11.2 Å². The summed E-state index contributed by atoms with van der Waals surface area (Å²) < 4.78 is 14.4. The number of para-hydroxylation sites is 2. The lowest BCUT2D eigenvalue weighted by molar-refractivity contribution is -0.115. The summed E-state index contributed by atoms with van der Waals surface area (Å²) in [6, 6.07) is 21.1. The van der Waals surface area contributed by atoms with Crippen molar-refractivity contribution in [3.63, 3.8) is 0 Å². The SMILES string of the molecule is CCc1ccc(C(=O)Nc2ccccc2[C@@H]2SCC(=O)N2c2ccccc2F)cc1. The molecular weight excluding hydrogens is 399 g/mol. The van der Waals surface area contributed by atoms with Gasteiger partial charge in [0.05, 0.1) is 11.4 Å². The summed E-state index contributed by atoms with van der Waals surface area (Å²) in [5.74, 6) is -0.584. The van der Waals surface area contributed by atoms with Gasteiger partial charge < -0.3 is 5.32 Å². The standard InChI is InChI=1S/C24H21FN2O2S/c1-2-16-11-13-17(14-12-16)23(29)26-20-9-5-3-7-18(20)24-27(22(28)15-30-24)21-10-6-4-8-19(21)25/h3-14,24H,2,15H2,1H3,(H,26,29)/t24-/m0/s1. The highest BCUT2D eigenvalue weighted by atomic mass is 32.2. The molecule has 0 aliphatic carbocycles. The van der Waals surface area contributed by atoms with E-state index in [-0.39, 0.29) is 23.3 Å². The van der Waals surface area contributed by atoms with E-state index >= 15 is 0 Å². The molecule has 1 saturated heterocycles. The molecule has 4 rings (SSSR count). The summed E-state index contributed by atoms with van der Waals surface area (Å²) in [6.07, 6.45) is 0.906. The molecule has 0 aromatic heterocycles. The molecule has 0 radical (unpaired) electrons. The number of nitrogens with zero attached hydrogens (tertiary/aromatic N) is 1. The molecule has 0 unspecified atom stereocenters. The second-order valence-corrected chi connectivity index (χ2v) is 8.04. The minimum Gasteiger partial charge on any atom is -0.322 e. The monoisotopic (exact) mass is 420 g/mol. The zero-order valence-corrected chi connectivity index (χ0v) is 17.3. The molecule has 1 N–H and O–H groups in total. The van der Waals surface area contributed by atoms with E-state index in [2.05, 4.69) is 12.2 Å². The van der Waals surface area contributed by atoms with E-state index in [0.29, 0.717) is 11.3 Å². The van der Waals surface area contributed by atoms with Gasteiger partial charge in [-0.2, -0.15) is 0 Å². The van der Waals surface area contributed by atoms with Gasteiger partial charge in [0.2, 0.25) is 5.91 Å². The molecule has 1 fully saturated rings. The van der Waals surface area contributed by atoms with Gasteiger partial charge in [0.15, 0.2) is 0 Å². The van der Waals surface area contributed by atoms with Gasteiger partial charge in [-0.25, -0.2) is 4.39 Å². The molecule has 30 heavy (non-hydrogen) atoms. The summed E-state index contributed by atoms with van der Waals surface area (Å²) in [6.45, 7) is 2.06. The lowest BCUT2D eigenvalue weighted by Crippen LogP contribution is -2.29.